The molecule has 2 aromatic rings. The number of carbonyl (C=O) groups excluding carboxylic acids is 1. The third-order valence-electron chi connectivity index (χ3n) is 5.09. The first kappa shape index (κ1) is 18.6. The summed E-state index contributed by atoms with van der Waals surface area (Å²) < 4.78 is 30.1. The number of benzene rings is 1. The van der Waals surface area contributed by atoms with Crippen LogP contribution in [0.3, 0.4) is 0 Å². The molecule has 1 aliphatic carbocycles. The molecular weight excluding hydrogens is 352 g/mol. The summed E-state index contributed by atoms with van der Waals surface area (Å²) in [6.07, 6.45) is 2.84. The molecule has 3 rings (SSSR count). The second kappa shape index (κ2) is 7.23. The van der Waals surface area contributed by atoms with E-state index in [0.717, 1.165) is 24.8 Å². The summed E-state index contributed by atoms with van der Waals surface area (Å²) in [4.78, 5) is 14.3. The molecule has 0 radical (unpaired) electrons. The molecule has 0 N–H and O–H groups in total. The smallest absolute Gasteiger partial charge is 0.238 e. The van der Waals surface area contributed by atoms with Crippen LogP contribution < -0.4 is 0 Å². The Balaban J connectivity index is 1.74. The highest BCUT2D eigenvalue weighted by Gasteiger charge is 2.29. The molecule has 0 aliphatic heterocycles. The molecule has 0 saturated heterocycles. The van der Waals surface area contributed by atoms with E-state index in [0.29, 0.717) is 17.0 Å². The Morgan fingerprint density at radius 2 is 2.04 bits per heavy atom. The predicted octanol–water partition coefficient (Wildman–Crippen LogP) is 2.74. The van der Waals surface area contributed by atoms with Crippen molar-refractivity contribution in [3.8, 4) is 0 Å². The SMILES string of the molecule is Cc1noc(C)c1CS(=O)(=O)CC(=O)N(C)C1CCCc2ccccc21. The molecule has 0 fully saturated rings. The van der Waals surface area contributed by atoms with Crippen LogP contribution in [0.5, 0.6) is 0 Å². The number of nitrogens with zero attached hydrogens (tertiary/aromatic N) is 2. The van der Waals surface area contributed by atoms with Crippen LogP contribution in [-0.4, -0.2) is 37.2 Å². The minimum Gasteiger partial charge on any atom is -0.361 e. The lowest BCUT2D eigenvalue weighted by Crippen LogP contribution is -2.37. The number of hydrogen-bond acceptors (Lipinski definition) is 5. The van der Waals surface area contributed by atoms with E-state index in [4.69, 9.17) is 4.52 Å². The second-order valence-corrected chi connectivity index (χ2v) is 9.01. The molecule has 26 heavy (non-hydrogen) atoms. The van der Waals surface area contributed by atoms with Gasteiger partial charge in [-0.2, -0.15) is 0 Å². The number of sulfone groups is 1. The summed E-state index contributed by atoms with van der Waals surface area (Å²) in [5, 5.41) is 3.78. The maximum absolute atomic E-state index is 12.7. The van der Waals surface area contributed by atoms with Crippen LogP contribution >= 0.6 is 0 Å². The lowest BCUT2D eigenvalue weighted by atomic mass is 9.87. The van der Waals surface area contributed by atoms with Gasteiger partial charge in [0, 0.05) is 12.6 Å². The van der Waals surface area contributed by atoms with E-state index >= 15 is 0 Å². The highest BCUT2D eigenvalue weighted by Crippen LogP contribution is 2.33. The molecular formula is C19H24N2O4S. The summed E-state index contributed by atoms with van der Waals surface area (Å²) >= 11 is 0. The van der Waals surface area contributed by atoms with Crippen LogP contribution in [0.4, 0.5) is 0 Å². The van der Waals surface area contributed by atoms with E-state index in [9.17, 15) is 13.2 Å². The summed E-state index contributed by atoms with van der Waals surface area (Å²) in [6, 6.07) is 8.00. The number of rotatable bonds is 5. The maximum atomic E-state index is 12.7. The molecule has 140 valence electrons. The molecule has 1 amide bonds. The highest BCUT2D eigenvalue weighted by atomic mass is 32.2. The molecule has 1 atom stereocenters. The third kappa shape index (κ3) is 3.82. The van der Waals surface area contributed by atoms with Crippen molar-refractivity contribution in [2.24, 2.45) is 0 Å². The standard InChI is InChI=1S/C19H24N2O4S/c1-13-17(14(2)25-20-13)11-26(23,24)12-19(22)21(3)18-10-6-8-15-7-4-5-9-16(15)18/h4-5,7,9,18H,6,8,10-12H2,1-3H3. The van der Waals surface area contributed by atoms with Crippen molar-refractivity contribution >= 4 is 15.7 Å². The van der Waals surface area contributed by atoms with Crippen LogP contribution in [0.2, 0.25) is 0 Å². The summed E-state index contributed by atoms with van der Waals surface area (Å²) in [6.45, 7) is 3.38. The molecule has 1 aromatic carbocycles. The number of amides is 1. The van der Waals surface area contributed by atoms with E-state index in [1.54, 1.807) is 25.8 Å². The van der Waals surface area contributed by atoms with Gasteiger partial charge in [0.2, 0.25) is 5.91 Å². The van der Waals surface area contributed by atoms with Crippen LogP contribution in [-0.2, 0) is 26.8 Å². The molecule has 0 spiro atoms. The Labute approximate surface area is 154 Å². The summed E-state index contributed by atoms with van der Waals surface area (Å²) in [5.74, 6) is -0.632. The topological polar surface area (TPSA) is 80.5 Å². The Kier molecular flexibility index (Phi) is 5.18. The van der Waals surface area contributed by atoms with Crippen LogP contribution in [0.25, 0.3) is 0 Å². The third-order valence-corrected chi connectivity index (χ3v) is 6.50. The number of carbonyl (C=O) groups is 1. The van der Waals surface area contributed by atoms with Crippen LogP contribution in [0.1, 0.15) is 47.0 Å². The second-order valence-electron chi connectivity index (χ2n) is 6.95. The van der Waals surface area contributed by atoms with E-state index in [1.165, 1.54) is 5.56 Å². The van der Waals surface area contributed by atoms with E-state index < -0.39 is 15.6 Å². The fourth-order valence-electron chi connectivity index (χ4n) is 3.57. The van der Waals surface area contributed by atoms with Gasteiger partial charge in [-0.3, -0.25) is 4.79 Å². The zero-order valence-corrected chi connectivity index (χ0v) is 16.2. The van der Waals surface area contributed by atoms with Gasteiger partial charge in [-0.15, -0.1) is 0 Å². The highest BCUT2D eigenvalue weighted by molar-refractivity contribution is 7.91. The average Bonchev–Trinajstić information content (AvgIpc) is 2.91. The Bertz CT molecular complexity index is 898. The van der Waals surface area contributed by atoms with Crippen molar-refractivity contribution in [1.82, 2.24) is 10.1 Å². The largest absolute Gasteiger partial charge is 0.361 e. The molecule has 1 aromatic heterocycles. The lowest BCUT2D eigenvalue weighted by molar-refractivity contribution is -0.129. The van der Waals surface area contributed by atoms with E-state index in [-0.39, 0.29) is 17.7 Å². The fraction of sp³-hybridized carbons (Fsp3) is 0.474. The number of aryl methyl sites for hydroxylation is 3. The molecule has 6 nitrogen and oxygen atoms in total. The molecule has 1 heterocycles. The normalized spacial score (nSPS) is 17.0. The zero-order chi connectivity index (χ0) is 18.9. The van der Waals surface area contributed by atoms with Crippen molar-refractivity contribution in [3.63, 3.8) is 0 Å². The van der Waals surface area contributed by atoms with Gasteiger partial charge in [0.25, 0.3) is 0 Å². The molecule has 7 heteroatoms. The molecule has 1 unspecified atom stereocenters. The molecule has 0 saturated carbocycles. The first-order valence-electron chi connectivity index (χ1n) is 8.74. The van der Waals surface area contributed by atoms with Crippen molar-refractivity contribution in [1.29, 1.82) is 0 Å². The maximum Gasteiger partial charge on any atom is 0.238 e. The summed E-state index contributed by atoms with van der Waals surface area (Å²) in [5.41, 5.74) is 3.45. The predicted molar refractivity (Wildman–Crippen MR) is 98.4 cm³/mol. The summed E-state index contributed by atoms with van der Waals surface area (Å²) in [7, 11) is -1.91. The Morgan fingerprint density at radius 3 is 2.73 bits per heavy atom. The fourth-order valence-corrected chi connectivity index (χ4v) is 5.11. The van der Waals surface area contributed by atoms with Crippen molar-refractivity contribution < 1.29 is 17.7 Å². The molecule has 1 aliphatic rings. The quantitative estimate of drug-likeness (QED) is 0.801. The van der Waals surface area contributed by atoms with Crippen molar-refractivity contribution in [2.45, 2.75) is 44.9 Å². The monoisotopic (exact) mass is 376 g/mol. The van der Waals surface area contributed by atoms with E-state index in [2.05, 4.69) is 11.2 Å². The van der Waals surface area contributed by atoms with Gasteiger partial charge in [0.15, 0.2) is 9.84 Å². The van der Waals surface area contributed by atoms with Gasteiger partial charge >= 0.3 is 0 Å². The van der Waals surface area contributed by atoms with Gasteiger partial charge in [-0.05, 0) is 44.2 Å². The van der Waals surface area contributed by atoms with Gasteiger partial charge in [0.05, 0.1) is 17.5 Å². The van der Waals surface area contributed by atoms with Crippen molar-refractivity contribution in [2.75, 3.05) is 12.8 Å². The molecule has 0 bridgehead atoms. The van der Waals surface area contributed by atoms with Gasteiger partial charge in [-0.25, -0.2) is 8.42 Å². The zero-order valence-electron chi connectivity index (χ0n) is 15.4. The Morgan fingerprint density at radius 1 is 1.31 bits per heavy atom. The Hall–Kier alpha value is -2.15. The van der Waals surface area contributed by atoms with Crippen LogP contribution in [0, 0.1) is 13.8 Å². The van der Waals surface area contributed by atoms with Crippen molar-refractivity contribution in [3.05, 3.63) is 52.4 Å². The number of aromatic nitrogens is 1. The first-order chi connectivity index (χ1) is 12.3. The van der Waals surface area contributed by atoms with Gasteiger partial charge in [-0.1, -0.05) is 29.4 Å². The van der Waals surface area contributed by atoms with Gasteiger partial charge in [0.1, 0.15) is 11.5 Å². The minimum atomic E-state index is -3.60. The minimum absolute atomic E-state index is 0.0679. The number of hydrogen-bond donors (Lipinski definition) is 0. The van der Waals surface area contributed by atoms with Gasteiger partial charge < -0.3 is 9.42 Å². The van der Waals surface area contributed by atoms with Crippen LogP contribution in [0.15, 0.2) is 28.8 Å². The average molecular weight is 376 g/mol. The number of fused-ring (bicyclic) bond motifs is 1. The first-order valence-corrected chi connectivity index (χ1v) is 10.6. The lowest BCUT2D eigenvalue weighted by Gasteiger charge is -2.33. The van der Waals surface area contributed by atoms with E-state index in [1.807, 2.05) is 18.2 Å².